The summed E-state index contributed by atoms with van der Waals surface area (Å²) in [5.41, 5.74) is 2.13. The highest BCUT2D eigenvalue weighted by atomic mass is 35.5. The standard InChI is InChI=1S/C27H30Cl2N2O3/c1-4-27-12-11-21(20-10-7-18(13-22(20)29)25(33)30-14-15(2)32)23(17-5-8-19(28)9-6-17)24(27)16(3)31-26(27)34/h5-10,13,16,21,23-24H,4,11-12,14H2,1-3H3,(H,30,33)(H,31,34)/t16-,21+,23+,24+,27-/m1/s1. The first kappa shape index (κ1) is 24.7. The molecule has 180 valence electrons. The number of amides is 2. The van der Waals surface area contributed by atoms with E-state index < -0.39 is 5.41 Å². The smallest absolute Gasteiger partial charge is 0.251 e. The average Bonchev–Trinajstić information content (AvgIpc) is 3.07. The van der Waals surface area contributed by atoms with Crippen LogP contribution in [0.15, 0.2) is 42.5 Å². The van der Waals surface area contributed by atoms with Gasteiger partial charge in [-0.05, 0) is 80.3 Å². The zero-order chi connectivity index (χ0) is 24.6. The molecule has 2 aromatic carbocycles. The first-order chi connectivity index (χ1) is 16.2. The lowest BCUT2D eigenvalue weighted by atomic mass is 9.54. The summed E-state index contributed by atoms with van der Waals surface area (Å²) in [5, 5.41) is 7.02. The summed E-state index contributed by atoms with van der Waals surface area (Å²) in [7, 11) is 0. The summed E-state index contributed by atoms with van der Waals surface area (Å²) in [5.74, 6) is -0.0336. The van der Waals surface area contributed by atoms with Crippen LogP contribution in [-0.4, -0.2) is 30.2 Å². The Kier molecular flexibility index (Phi) is 7.07. The Labute approximate surface area is 210 Å². The molecule has 2 N–H and O–H groups in total. The van der Waals surface area contributed by atoms with Gasteiger partial charge >= 0.3 is 0 Å². The van der Waals surface area contributed by atoms with Gasteiger partial charge in [0, 0.05) is 27.6 Å². The molecule has 0 spiro atoms. The summed E-state index contributed by atoms with van der Waals surface area (Å²) >= 11 is 13.0. The number of carbonyl (C=O) groups is 3. The monoisotopic (exact) mass is 500 g/mol. The van der Waals surface area contributed by atoms with E-state index in [0.717, 1.165) is 30.4 Å². The lowest BCUT2D eigenvalue weighted by molar-refractivity contribution is -0.131. The van der Waals surface area contributed by atoms with Crippen LogP contribution in [0.5, 0.6) is 0 Å². The summed E-state index contributed by atoms with van der Waals surface area (Å²) in [6.07, 6.45) is 2.39. The van der Waals surface area contributed by atoms with Gasteiger partial charge in [-0.15, -0.1) is 0 Å². The molecule has 0 aromatic heterocycles. The first-order valence-electron chi connectivity index (χ1n) is 11.8. The largest absolute Gasteiger partial charge is 0.353 e. The number of ketones is 1. The Morgan fingerprint density at radius 3 is 2.47 bits per heavy atom. The van der Waals surface area contributed by atoms with Crippen LogP contribution in [0.4, 0.5) is 0 Å². The third-order valence-corrected chi connectivity index (χ3v) is 8.33. The zero-order valence-corrected chi connectivity index (χ0v) is 21.2. The Balaban J connectivity index is 1.74. The Morgan fingerprint density at radius 2 is 1.85 bits per heavy atom. The van der Waals surface area contributed by atoms with E-state index in [1.807, 2.05) is 18.2 Å². The molecule has 2 fully saturated rings. The Hall–Kier alpha value is -2.37. The third kappa shape index (κ3) is 4.36. The van der Waals surface area contributed by atoms with Crippen LogP contribution in [0.3, 0.4) is 0 Å². The quantitative estimate of drug-likeness (QED) is 0.549. The molecule has 4 rings (SSSR count). The van der Waals surface area contributed by atoms with Crippen molar-refractivity contribution >= 4 is 40.8 Å². The fraction of sp³-hybridized carbons (Fsp3) is 0.444. The third-order valence-electron chi connectivity index (χ3n) is 7.76. The SMILES string of the molecule is CC[C@@]12CC[C@@H](c3ccc(C(=O)NCC(C)=O)cc3Cl)[C@H](c3ccc(Cl)cc3)[C@@H]1[C@@H](C)NC2=O. The predicted octanol–water partition coefficient (Wildman–Crippen LogP) is 5.50. The Bertz CT molecular complexity index is 1120. The lowest BCUT2D eigenvalue weighted by Crippen LogP contribution is -2.43. The van der Waals surface area contributed by atoms with Gasteiger partial charge in [0.2, 0.25) is 5.91 Å². The lowest BCUT2D eigenvalue weighted by Gasteiger charge is -2.47. The van der Waals surface area contributed by atoms with E-state index in [1.54, 1.807) is 12.1 Å². The molecule has 0 bridgehead atoms. The normalized spacial score (nSPS) is 28.2. The number of fused-ring (bicyclic) bond motifs is 1. The molecule has 5 nitrogen and oxygen atoms in total. The van der Waals surface area contributed by atoms with Crippen molar-refractivity contribution in [2.75, 3.05) is 6.54 Å². The van der Waals surface area contributed by atoms with Crippen LogP contribution in [0, 0.1) is 11.3 Å². The van der Waals surface area contributed by atoms with Crippen molar-refractivity contribution in [3.63, 3.8) is 0 Å². The van der Waals surface area contributed by atoms with Crippen LogP contribution in [0.2, 0.25) is 10.0 Å². The van der Waals surface area contributed by atoms with Crippen molar-refractivity contribution in [2.45, 2.75) is 57.9 Å². The van der Waals surface area contributed by atoms with E-state index in [-0.39, 0.29) is 47.9 Å². The second-order valence-corrected chi connectivity index (χ2v) is 10.5. The summed E-state index contributed by atoms with van der Waals surface area (Å²) < 4.78 is 0. The van der Waals surface area contributed by atoms with Gasteiger partial charge in [-0.25, -0.2) is 0 Å². The number of benzene rings is 2. The Morgan fingerprint density at radius 1 is 1.15 bits per heavy atom. The van der Waals surface area contributed by atoms with Crippen molar-refractivity contribution in [1.82, 2.24) is 10.6 Å². The van der Waals surface area contributed by atoms with Crippen LogP contribution >= 0.6 is 23.2 Å². The van der Waals surface area contributed by atoms with E-state index in [9.17, 15) is 14.4 Å². The van der Waals surface area contributed by atoms with Gasteiger partial charge in [-0.1, -0.05) is 48.3 Å². The number of hydrogen-bond acceptors (Lipinski definition) is 3. The molecule has 2 aromatic rings. The molecule has 1 heterocycles. The molecule has 2 amide bonds. The summed E-state index contributed by atoms with van der Waals surface area (Å²) in [4.78, 5) is 36.8. The molecule has 5 atom stereocenters. The molecular formula is C27H30Cl2N2O3. The van der Waals surface area contributed by atoms with Crippen LogP contribution < -0.4 is 10.6 Å². The molecule has 0 unspecified atom stereocenters. The van der Waals surface area contributed by atoms with Crippen LogP contribution in [0.25, 0.3) is 0 Å². The second-order valence-electron chi connectivity index (χ2n) is 9.64. The number of halogens is 2. The first-order valence-corrected chi connectivity index (χ1v) is 12.6. The minimum atomic E-state index is -0.404. The molecule has 1 aliphatic carbocycles. The fourth-order valence-electron chi connectivity index (χ4n) is 6.17. The van der Waals surface area contributed by atoms with Crippen LogP contribution in [-0.2, 0) is 9.59 Å². The van der Waals surface area contributed by atoms with Gasteiger partial charge in [0.25, 0.3) is 5.91 Å². The average molecular weight is 501 g/mol. The molecule has 1 saturated carbocycles. The molecule has 1 saturated heterocycles. The number of hydrogen-bond donors (Lipinski definition) is 2. The van der Waals surface area contributed by atoms with Crippen molar-refractivity contribution in [2.24, 2.45) is 11.3 Å². The highest BCUT2D eigenvalue weighted by Crippen LogP contribution is 2.60. The maximum atomic E-state index is 13.1. The molecule has 1 aliphatic heterocycles. The van der Waals surface area contributed by atoms with E-state index in [2.05, 4.69) is 36.6 Å². The van der Waals surface area contributed by atoms with E-state index in [0.29, 0.717) is 15.6 Å². The van der Waals surface area contributed by atoms with Gasteiger partial charge in [0.15, 0.2) is 0 Å². The predicted molar refractivity (Wildman–Crippen MR) is 134 cm³/mol. The number of rotatable bonds is 6. The van der Waals surface area contributed by atoms with Gasteiger partial charge in [-0.3, -0.25) is 14.4 Å². The van der Waals surface area contributed by atoms with E-state index >= 15 is 0 Å². The van der Waals surface area contributed by atoms with E-state index in [4.69, 9.17) is 23.2 Å². The van der Waals surface area contributed by atoms with Gasteiger partial charge in [0.05, 0.1) is 12.0 Å². The minimum absolute atomic E-state index is 0.0147. The van der Waals surface area contributed by atoms with Crippen LogP contribution in [0.1, 0.15) is 73.4 Å². The number of carbonyl (C=O) groups excluding carboxylic acids is 3. The van der Waals surface area contributed by atoms with Crippen molar-refractivity contribution in [3.05, 3.63) is 69.2 Å². The van der Waals surface area contributed by atoms with Crippen molar-refractivity contribution in [1.29, 1.82) is 0 Å². The highest BCUT2D eigenvalue weighted by Gasteiger charge is 2.59. The van der Waals surface area contributed by atoms with Crippen molar-refractivity contribution < 1.29 is 14.4 Å². The molecule has 0 radical (unpaired) electrons. The van der Waals surface area contributed by atoms with Gasteiger partial charge in [0.1, 0.15) is 5.78 Å². The zero-order valence-electron chi connectivity index (χ0n) is 19.7. The number of Topliss-reactive ketones (excluding diaryl/α,β-unsaturated/α-hetero) is 1. The summed E-state index contributed by atoms with van der Waals surface area (Å²) in [6, 6.07) is 13.3. The van der Waals surface area contributed by atoms with Gasteiger partial charge < -0.3 is 10.6 Å². The maximum Gasteiger partial charge on any atom is 0.251 e. The molecular weight excluding hydrogens is 471 g/mol. The second kappa shape index (κ2) is 9.71. The van der Waals surface area contributed by atoms with Crippen molar-refractivity contribution in [3.8, 4) is 0 Å². The topological polar surface area (TPSA) is 75.3 Å². The molecule has 2 aliphatic rings. The number of nitrogens with one attached hydrogen (secondary N) is 2. The summed E-state index contributed by atoms with van der Waals surface area (Å²) in [6.45, 7) is 5.61. The van der Waals surface area contributed by atoms with Gasteiger partial charge in [-0.2, -0.15) is 0 Å². The minimum Gasteiger partial charge on any atom is -0.353 e. The fourth-order valence-corrected chi connectivity index (χ4v) is 6.62. The van der Waals surface area contributed by atoms with E-state index in [1.165, 1.54) is 6.92 Å². The molecule has 34 heavy (non-hydrogen) atoms. The molecule has 7 heteroatoms. The maximum absolute atomic E-state index is 13.1. The highest BCUT2D eigenvalue weighted by molar-refractivity contribution is 6.32.